The summed E-state index contributed by atoms with van der Waals surface area (Å²) in [5.74, 6) is 0.906. The Morgan fingerprint density at radius 1 is 1.47 bits per heavy atom. The van der Waals surface area contributed by atoms with Gasteiger partial charge in [0, 0.05) is 7.05 Å². The lowest BCUT2D eigenvalue weighted by atomic mass is 9.86. The lowest BCUT2D eigenvalue weighted by Crippen LogP contribution is -2.43. The Hall–Kier alpha value is -1.03. The van der Waals surface area contributed by atoms with Crippen molar-refractivity contribution in [3.63, 3.8) is 0 Å². The van der Waals surface area contributed by atoms with Crippen LogP contribution >= 0.6 is 0 Å². The number of aromatic nitrogens is 2. The van der Waals surface area contributed by atoms with Crippen molar-refractivity contribution in [2.75, 3.05) is 13.7 Å². The van der Waals surface area contributed by atoms with Gasteiger partial charge in [0.2, 0.25) is 0 Å². The van der Waals surface area contributed by atoms with Crippen molar-refractivity contribution >= 4 is 0 Å². The standard InChI is InChI=1S/C13H23N3O/c1-4-13(8-6-5-7-9-14-13)12-11(17-3)10-15-16(12)2/h10,14H,4-9H2,1-3H3. The lowest BCUT2D eigenvalue weighted by molar-refractivity contribution is 0.277. The molecule has 4 nitrogen and oxygen atoms in total. The molecular weight excluding hydrogens is 214 g/mol. The van der Waals surface area contributed by atoms with Crippen molar-refractivity contribution in [1.82, 2.24) is 15.1 Å². The first-order valence-electron chi connectivity index (χ1n) is 6.55. The van der Waals surface area contributed by atoms with E-state index in [4.69, 9.17) is 4.74 Å². The molecular formula is C13H23N3O. The summed E-state index contributed by atoms with van der Waals surface area (Å²) in [5.41, 5.74) is 1.23. The number of methoxy groups -OCH3 is 1. The van der Waals surface area contributed by atoms with Crippen molar-refractivity contribution in [2.24, 2.45) is 7.05 Å². The van der Waals surface area contributed by atoms with Crippen LogP contribution in [0.2, 0.25) is 0 Å². The molecule has 4 heteroatoms. The van der Waals surface area contributed by atoms with Crippen LogP contribution in [0.5, 0.6) is 5.75 Å². The summed E-state index contributed by atoms with van der Waals surface area (Å²) in [4.78, 5) is 0. The number of hydrogen-bond acceptors (Lipinski definition) is 3. The smallest absolute Gasteiger partial charge is 0.161 e. The minimum Gasteiger partial charge on any atom is -0.493 e. The van der Waals surface area contributed by atoms with Gasteiger partial charge in [-0.25, -0.2) is 0 Å². The van der Waals surface area contributed by atoms with Crippen molar-refractivity contribution in [3.8, 4) is 5.75 Å². The van der Waals surface area contributed by atoms with Gasteiger partial charge in [0.05, 0.1) is 18.8 Å². The van der Waals surface area contributed by atoms with Gasteiger partial charge in [0.15, 0.2) is 5.75 Å². The van der Waals surface area contributed by atoms with Gasteiger partial charge in [-0.3, -0.25) is 4.68 Å². The molecule has 1 aromatic heterocycles. The Labute approximate surface area is 103 Å². The van der Waals surface area contributed by atoms with Crippen molar-refractivity contribution in [2.45, 2.75) is 44.6 Å². The van der Waals surface area contributed by atoms with Crippen LogP contribution in [0, 0.1) is 0 Å². The fourth-order valence-electron chi connectivity index (χ4n) is 2.93. The first-order valence-corrected chi connectivity index (χ1v) is 6.55. The molecule has 17 heavy (non-hydrogen) atoms. The number of nitrogens with zero attached hydrogens (tertiary/aromatic N) is 2. The van der Waals surface area contributed by atoms with Crippen molar-refractivity contribution in [3.05, 3.63) is 11.9 Å². The lowest BCUT2D eigenvalue weighted by Gasteiger charge is -2.33. The Morgan fingerprint density at radius 3 is 3.00 bits per heavy atom. The third-order valence-electron chi connectivity index (χ3n) is 3.93. The van der Waals surface area contributed by atoms with E-state index in [0.717, 1.165) is 18.7 Å². The van der Waals surface area contributed by atoms with Gasteiger partial charge in [0.1, 0.15) is 5.69 Å². The van der Waals surface area contributed by atoms with Crippen LogP contribution in [-0.2, 0) is 12.6 Å². The van der Waals surface area contributed by atoms with E-state index in [0.29, 0.717) is 0 Å². The van der Waals surface area contributed by atoms with E-state index < -0.39 is 0 Å². The first-order chi connectivity index (χ1) is 8.23. The molecule has 2 heterocycles. The van der Waals surface area contributed by atoms with E-state index in [-0.39, 0.29) is 5.54 Å². The van der Waals surface area contributed by atoms with Crippen LogP contribution in [0.1, 0.15) is 44.7 Å². The van der Waals surface area contributed by atoms with Crippen LogP contribution < -0.4 is 10.1 Å². The van der Waals surface area contributed by atoms with E-state index >= 15 is 0 Å². The highest BCUT2D eigenvalue weighted by Gasteiger charge is 2.36. The van der Waals surface area contributed by atoms with E-state index in [1.807, 2.05) is 17.9 Å². The normalized spacial score (nSPS) is 25.6. The number of rotatable bonds is 3. The molecule has 0 bridgehead atoms. The van der Waals surface area contributed by atoms with E-state index in [1.54, 1.807) is 7.11 Å². The van der Waals surface area contributed by atoms with Gasteiger partial charge >= 0.3 is 0 Å². The molecule has 1 unspecified atom stereocenters. The molecule has 0 spiro atoms. The van der Waals surface area contributed by atoms with Gasteiger partial charge in [-0.1, -0.05) is 19.8 Å². The SMILES string of the molecule is CCC1(c2c(OC)cnn2C)CCCCCN1. The fourth-order valence-corrected chi connectivity index (χ4v) is 2.93. The molecule has 1 saturated heterocycles. The minimum atomic E-state index is 0.0348. The second kappa shape index (κ2) is 5.08. The highest BCUT2D eigenvalue weighted by Crippen LogP contribution is 2.37. The Kier molecular flexibility index (Phi) is 3.72. The molecule has 2 rings (SSSR count). The predicted molar refractivity (Wildman–Crippen MR) is 68.2 cm³/mol. The second-order valence-electron chi connectivity index (χ2n) is 4.86. The Morgan fingerprint density at radius 2 is 2.29 bits per heavy atom. The molecule has 0 saturated carbocycles. The summed E-state index contributed by atoms with van der Waals surface area (Å²) in [7, 11) is 3.72. The first kappa shape index (κ1) is 12.4. The molecule has 1 atom stereocenters. The minimum absolute atomic E-state index is 0.0348. The molecule has 0 radical (unpaired) electrons. The van der Waals surface area contributed by atoms with E-state index in [2.05, 4.69) is 17.3 Å². The Bertz CT molecular complexity index is 365. The third-order valence-corrected chi connectivity index (χ3v) is 3.93. The second-order valence-corrected chi connectivity index (χ2v) is 4.86. The number of hydrogen-bond donors (Lipinski definition) is 1. The number of ether oxygens (including phenoxy) is 1. The average molecular weight is 237 g/mol. The summed E-state index contributed by atoms with van der Waals surface area (Å²) in [6.07, 6.45) is 7.91. The van der Waals surface area contributed by atoms with Crippen LogP contribution in [0.25, 0.3) is 0 Å². The van der Waals surface area contributed by atoms with E-state index in [9.17, 15) is 0 Å². The maximum absolute atomic E-state index is 5.46. The summed E-state index contributed by atoms with van der Waals surface area (Å²) >= 11 is 0. The summed E-state index contributed by atoms with van der Waals surface area (Å²) in [6.45, 7) is 3.33. The summed E-state index contributed by atoms with van der Waals surface area (Å²) in [6, 6.07) is 0. The molecule has 1 aliphatic rings. The van der Waals surface area contributed by atoms with Gasteiger partial charge in [-0.2, -0.15) is 5.10 Å². The van der Waals surface area contributed by atoms with Crippen molar-refractivity contribution < 1.29 is 4.74 Å². The monoisotopic (exact) mass is 237 g/mol. The van der Waals surface area contributed by atoms with Crippen molar-refractivity contribution in [1.29, 1.82) is 0 Å². The molecule has 1 N–H and O–H groups in total. The van der Waals surface area contributed by atoms with E-state index in [1.165, 1.54) is 31.4 Å². The topological polar surface area (TPSA) is 39.1 Å². The Balaban J connectivity index is 2.41. The fraction of sp³-hybridized carbons (Fsp3) is 0.769. The number of nitrogens with one attached hydrogen (secondary N) is 1. The van der Waals surface area contributed by atoms with Crippen LogP contribution in [0.4, 0.5) is 0 Å². The molecule has 0 aliphatic carbocycles. The zero-order valence-electron chi connectivity index (χ0n) is 11.1. The highest BCUT2D eigenvalue weighted by molar-refractivity contribution is 5.32. The molecule has 96 valence electrons. The van der Waals surface area contributed by atoms with Gasteiger partial charge in [-0.05, 0) is 25.8 Å². The molecule has 1 aliphatic heterocycles. The summed E-state index contributed by atoms with van der Waals surface area (Å²) in [5, 5.41) is 8.06. The van der Waals surface area contributed by atoms with Gasteiger partial charge in [0.25, 0.3) is 0 Å². The highest BCUT2D eigenvalue weighted by atomic mass is 16.5. The average Bonchev–Trinajstić information content (AvgIpc) is 2.59. The van der Waals surface area contributed by atoms with Crippen LogP contribution in [0.15, 0.2) is 6.20 Å². The molecule has 1 aromatic rings. The number of aryl methyl sites for hydroxylation is 1. The molecule has 1 fully saturated rings. The quantitative estimate of drug-likeness (QED) is 0.876. The maximum atomic E-state index is 5.46. The largest absolute Gasteiger partial charge is 0.493 e. The van der Waals surface area contributed by atoms with Gasteiger partial charge < -0.3 is 10.1 Å². The molecule has 0 amide bonds. The zero-order chi connectivity index (χ0) is 12.3. The third kappa shape index (κ3) is 2.18. The zero-order valence-corrected chi connectivity index (χ0v) is 11.1. The van der Waals surface area contributed by atoms with Crippen LogP contribution in [0.3, 0.4) is 0 Å². The molecule has 0 aromatic carbocycles. The maximum Gasteiger partial charge on any atom is 0.161 e. The predicted octanol–water partition coefficient (Wildman–Crippen LogP) is 2.20. The van der Waals surface area contributed by atoms with Gasteiger partial charge in [-0.15, -0.1) is 0 Å². The van der Waals surface area contributed by atoms with Crippen LogP contribution in [-0.4, -0.2) is 23.4 Å². The summed E-state index contributed by atoms with van der Waals surface area (Å²) < 4.78 is 7.42.